The second-order valence-electron chi connectivity index (χ2n) is 4.57. The molecule has 2 unspecified atom stereocenters. The minimum atomic E-state index is -0.458. The summed E-state index contributed by atoms with van der Waals surface area (Å²) in [5.74, 6) is 0. The summed E-state index contributed by atoms with van der Waals surface area (Å²) in [5, 5.41) is 18.0. The molecule has 0 aromatic carbocycles. The molecule has 4 nitrogen and oxygen atoms in total. The number of nitrogens with one attached hydrogen (secondary N) is 1. The van der Waals surface area contributed by atoms with Crippen LogP contribution >= 0.6 is 11.8 Å². The van der Waals surface area contributed by atoms with Gasteiger partial charge in [-0.05, 0) is 33.4 Å². The molecule has 1 heterocycles. The standard InChI is InChI=1S/C12H20N4S/c1-9-6-11(16(5)15-9)17-10(2)7-12(3,8-13)14-4/h6,10,14H,7H2,1-5H3. The van der Waals surface area contributed by atoms with Crippen LogP contribution in [-0.4, -0.2) is 27.6 Å². The Kier molecular flexibility index (Phi) is 4.61. The summed E-state index contributed by atoms with van der Waals surface area (Å²) in [6, 6.07) is 4.39. The van der Waals surface area contributed by atoms with Gasteiger partial charge in [0, 0.05) is 12.3 Å². The third-order valence-corrected chi connectivity index (χ3v) is 3.97. The zero-order valence-electron chi connectivity index (χ0n) is 11.1. The number of aryl methyl sites for hydroxylation is 2. The molecule has 0 aliphatic carbocycles. The maximum Gasteiger partial charge on any atom is 0.104 e. The molecule has 1 aromatic heterocycles. The number of hydrogen-bond acceptors (Lipinski definition) is 4. The topological polar surface area (TPSA) is 53.6 Å². The average Bonchev–Trinajstić information content (AvgIpc) is 2.57. The molecule has 1 aromatic rings. The maximum atomic E-state index is 9.12. The van der Waals surface area contributed by atoms with Gasteiger partial charge in [-0.3, -0.25) is 4.68 Å². The quantitative estimate of drug-likeness (QED) is 0.815. The largest absolute Gasteiger partial charge is 0.303 e. The van der Waals surface area contributed by atoms with Crippen molar-refractivity contribution in [3.8, 4) is 6.07 Å². The molecule has 17 heavy (non-hydrogen) atoms. The second-order valence-corrected chi connectivity index (χ2v) is 6.03. The van der Waals surface area contributed by atoms with Gasteiger partial charge in [-0.25, -0.2) is 0 Å². The van der Waals surface area contributed by atoms with Gasteiger partial charge in [0.2, 0.25) is 0 Å². The maximum absolute atomic E-state index is 9.12. The average molecular weight is 252 g/mol. The lowest BCUT2D eigenvalue weighted by Gasteiger charge is -2.24. The molecule has 2 atom stereocenters. The van der Waals surface area contributed by atoms with Crippen molar-refractivity contribution in [1.82, 2.24) is 15.1 Å². The van der Waals surface area contributed by atoms with Crippen LogP contribution in [0.1, 0.15) is 26.0 Å². The molecular formula is C12H20N4S. The Bertz CT molecular complexity index is 421. The Labute approximate surface area is 107 Å². The first-order valence-corrected chi connectivity index (χ1v) is 6.55. The van der Waals surface area contributed by atoms with E-state index in [1.807, 2.05) is 32.6 Å². The van der Waals surface area contributed by atoms with E-state index in [0.717, 1.165) is 17.1 Å². The monoisotopic (exact) mass is 252 g/mol. The molecule has 0 radical (unpaired) electrons. The van der Waals surface area contributed by atoms with Crippen LogP contribution in [0.25, 0.3) is 0 Å². The van der Waals surface area contributed by atoms with Crippen molar-refractivity contribution in [2.75, 3.05) is 7.05 Å². The highest BCUT2D eigenvalue weighted by molar-refractivity contribution is 7.99. The number of aromatic nitrogens is 2. The smallest absolute Gasteiger partial charge is 0.104 e. The molecular weight excluding hydrogens is 232 g/mol. The SMILES string of the molecule is CNC(C)(C#N)CC(C)Sc1cc(C)nn1C. The summed E-state index contributed by atoms with van der Waals surface area (Å²) < 4.78 is 1.89. The summed E-state index contributed by atoms with van der Waals surface area (Å²) in [5.41, 5.74) is 0.568. The van der Waals surface area contributed by atoms with Gasteiger partial charge in [-0.15, -0.1) is 11.8 Å². The summed E-state index contributed by atoms with van der Waals surface area (Å²) in [7, 11) is 3.78. The minimum absolute atomic E-state index is 0.363. The van der Waals surface area contributed by atoms with Crippen molar-refractivity contribution in [1.29, 1.82) is 5.26 Å². The highest BCUT2D eigenvalue weighted by Crippen LogP contribution is 2.28. The van der Waals surface area contributed by atoms with Gasteiger partial charge in [0.05, 0.1) is 16.8 Å². The number of nitriles is 1. The van der Waals surface area contributed by atoms with Crippen LogP contribution in [0.5, 0.6) is 0 Å². The van der Waals surface area contributed by atoms with Crippen LogP contribution in [0, 0.1) is 18.3 Å². The molecule has 1 N–H and O–H groups in total. The normalized spacial score (nSPS) is 16.2. The van der Waals surface area contributed by atoms with Crippen LogP contribution < -0.4 is 5.32 Å². The van der Waals surface area contributed by atoms with E-state index in [2.05, 4.69) is 29.5 Å². The van der Waals surface area contributed by atoms with E-state index in [1.165, 1.54) is 0 Å². The molecule has 0 bridgehead atoms. The summed E-state index contributed by atoms with van der Waals surface area (Å²) in [6.45, 7) is 6.06. The van der Waals surface area contributed by atoms with Crippen LogP contribution in [-0.2, 0) is 7.05 Å². The lowest BCUT2D eigenvalue weighted by atomic mass is 9.98. The third-order valence-electron chi connectivity index (χ3n) is 2.78. The number of thioether (sulfide) groups is 1. The fraction of sp³-hybridized carbons (Fsp3) is 0.667. The molecule has 0 aliphatic heterocycles. The highest BCUT2D eigenvalue weighted by Gasteiger charge is 2.25. The van der Waals surface area contributed by atoms with Crippen molar-refractivity contribution in [2.24, 2.45) is 7.05 Å². The van der Waals surface area contributed by atoms with Crippen molar-refractivity contribution in [2.45, 2.75) is 43.0 Å². The molecule has 1 rings (SSSR count). The van der Waals surface area contributed by atoms with Gasteiger partial charge >= 0.3 is 0 Å². The van der Waals surface area contributed by atoms with Gasteiger partial charge < -0.3 is 5.32 Å². The molecule has 0 fully saturated rings. The molecule has 0 saturated carbocycles. The van der Waals surface area contributed by atoms with Crippen LogP contribution in [0.4, 0.5) is 0 Å². The van der Waals surface area contributed by atoms with E-state index in [1.54, 1.807) is 11.8 Å². The highest BCUT2D eigenvalue weighted by atomic mass is 32.2. The van der Waals surface area contributed by atoms with E-state index in [0.29, 0.717) is 5.25 Å². The van der Waals surface area contributed by atoms with Crippen LogP contribution in [0.3, 0.4) is 0 Å². The number of nitrogens with zero attached hydrogens (tertiary/aromatic N) is 3. The van der Waals surface area contributed by atoms with Crippen LogP contribution in [0.2, 0.25) is 0 Å². The Morgan fingerprint density at radius 3 is 2.76 bits per heavy atom. The lowest BCUT2D eigenvalue weighted by molar-refractivity contribution is 0.455. The van der Waals surface area contributed by atoms with Crippen molar-refractivity contribution in [3.63, 3.8) is 0 Å². The van der Waals surface area contributed by atoms with Gasteiger partial charge in [0.25, 0.3) is 0 Å². The van der Waals surface area contributed by atoms with E-state index < -0.39 is 5.54 Å². The zero-order valence-corrected chi connectivity index (χ0v) is 11.9. The third kappa shape index (κ3) is 3.76. The van der Waals surface area contributed by atoms with Crippen molar-refractivity contribution < 1.29 is 0 Å². The number of hydrogen-bond donors (Lipinski definition) is 1. The Balaban J connectivity index is 2.65. The summed E-state index contributed by atoms with van der Waals surface area (Å²) in [6.07, 6.45) is 0.800. The van der Waals surface area contributed by atoms with E-state index in [-0.39, 0.29) is 0 Å². The summed E-state index contributed by atoms with van der Waals surface area (Å²) >= 11 is 1.76. The predicted molar refractivity (Wildman–Crippen MR) is 71.0 cm³/mol. The number of rotatable bonds is 5. The van der Waals surface area contributed by atoms with Gasteiger partial charge in [-0.1, -0.05) is 6.92 Å². The first kappa shape index (κ1) is 14.1. The molecule has 94 valence electrons. The van der Waals surface area contributed by atoms with Gasteiger partial charge in [0.15, 0.2) is 0 Å². The molecule has 5 heteroatoms. The zero-order chi connectivity index (χ0) is 13.1. The fourth-order valence-corrected chi connectivity index (χ4v) is 2.98. The lowest BCUT2D eigenvalue weighted by Crippen LogP contribution is -2.40. The second kappa shape index (κ2) is 5.56. The van der Waals surface area contributed by atoms with E-state index in [9.17, 15) is 0 Å². The summed E-state index contributed by atoms with van der Waals surface area (Å²) in [4.78, 5) is 0. The van der Waals surface area contributed by atoms with E-state index >= 15 is 0 Å². The Morgan fingerprint density at radius 2 is 2.35 bits per heavy atom. The molecule has 0 spiro atoms. The Morgan fingerprint density at radius 1 is 1.71 bits per heavy atom. The van der Waals surface area contributed by atoms with Crippen LogP contribution in [0.15, 0.2) is 11.1 Å². The minimum Gasteiger partial charge on any atom is -0.303 e. The fourth-order valence-electron chi connectivity index (χ4n) is 1.72. The Hall–Kier alpha value is -0.990. The first-order chi connectivity index (χ1) is 7.90. The van der Waals surface area contributed by atoms with Gasteiger partial charge in [-0.2, -0.15) is 10.4 Å². The predicted octanol–water partition coefficient (Wildman–Crippen LogP) is 2.10. The van der Waals surface area contributed by atoms with Crippen molar-refractivity contribution >= 4 is 11.8 Å². The molecule has 0 aliphatic rings. The van der Waals surface area contributed by atoms with E-state index in [4.69, 9.17) is 5.26 Å². The molecule has 0 amide bonds. The van der Waals surface area contributed by atoms with Crippen molar-refractivity contribution in [3.05, 3.63) is 11.8 Å². The van der Waals surface area contributed by atoms with Gasteiger partial charge in [0.1, 0.15) is 5.54 Å². The molecule has 0 saturated heterocycles. The first-order valence-electron chi connectivity index (χ1n) is 5.67.